The Bertz CT molecular complexity index is 533. The second-order valence-electron chi connectivity index (χ2n) is 4.53. The van der Waals surface area contributed by atoms with E-state index in [1.54, 1.807) is 10.9 Å². The van der Waals surface area contributed by atoms with Gasteiger partial charge >= 0.3 is 0 Å². The summed E-state index contributed by atoms with van der Waals surface area (Å²) in [6.07, 6.45) is 3.59. The quantitative estimate of drug-likeness (QED) is 0.871. The van der Waals surface area contributed by atoms with E-state index in [-0.39, 0.29) is 18.5 Å². The number of nitrogens with one attached hydrogen (secondary N) is 1. The average Bonchev–Trinajstić information content (AvgIpc) is 2.83. The van der Waals surface area contributed by atoms with Crippen LogP contribution in [0.1, 0.15) is 24.1 Å². The number of aliphatic hydroxyl groups excluding tert-OH is 1. The van der Waals surface area contributed by atoms with Crippen molar-refractivity contribution in [1.29, 1.82) is 0 Å². The molecule has 4 nitrogen and oxygen atoms in total. The first-order valence-electron chi connectivity index (χ1n) is 6.29. The Morgan fingerprint density at radius 3 is 2.79 bits per heavy atom. The molecule has 102 valence electrons. The number of benzene rings is 1. The zero-order valence-electron chi connectivity index (χ0n) is 11.1. The van der Waals surface area contributed by atoms with Gasteiger partial charge in [0.25, 0.3) is 0 Å². The summed E-state index contributed by atoms with van der Waals surface area (Å²) < 4.78 is 15.1. The minimum absolute atomic E-state index is 0.0784. The number of hydrogen-bond donors (Lipinski definition) is 2. The van der Waals surface area contributed by atoms with Crippen molar-refractivity contribution >= 4 is 5.69 Å². The molecule has 0 saturated carbocycles. The summed E-state index contributed by atoms with van der Waals surface area (Å²) in [7, 11) is 0. The molecule has 0 radical (unpaired) electrons. The molecule has 0 fully saturated rings. The molecule has 2 aromatic rings. The number of aryl methyl sites for hydroxylation is 2. The maximum absolute atomic E-state index is 13.3. The molecule has 0 aliphatic rings. The van der Waals surface area contributed by atoms with Crippen LogP contribution in [0, 0.1) is 12.7 Å². The van der Waals surface area contributed by atoms with E-state index in [9.17, 15) is 9.50 Å². The molecule has 19 heavy (non-hydrogen) atoms. The second-order valence-corrected chi connectivity index (χ2v) is 4.53. The highest BCUT2D eigenvalue weighted by atomic mass is 19.1. The SMILES string of the molecule is CCn1cc(C(CO)Nc2cc(C)cc(F)c2)cn1. The second kappa shape index (κ2) is 5.84. The van der Waals surface area contributed by atoms with Gasteiger partial charge in [0.05, 0.1) is 18.8 Å². The van der Waals surface area contributed by atoms with Gasteiger partial charge < -0.3 is 10.4 Å². The van der Waals surface area contributed by atoms with Crippen LogP contribution in [-0.2, 0) is 6.54 Å². The maximum Gasteiger partial charge on any atom is 0.125 e. The molecular formula is C14H18FN3O. The highest BCUT2D eigenvalue weighted by molar-refractivity contribution is 5.47. The standard InChI is InChI=1S/C14H18FN3O/c1-3-18-8-11(7-16-18)14(9-19)17-13-5-10(2)4-12(15)6-13/h4-8,14,17,19H,3,9H2,1-2H3. The molecule has 1 aromatic carbocycles. The van der Waals surface area contributed by atoms with E-state index in [0.717, 1.165) is 17.7 Å². The Hall–Kier alpha value is -1.88. The van der Waals surface area contributed by atoms with Crippen LogP contribution in [0.4, 0.5) is 10.1 Å². The molecule has 1 unspecified atom stereocenters. The Balaban J connectivity index is 2.18. The number of halogens is 1. The van der Waals surface area contributed by atoms with E-state index in [1.807, 2.05) is 26.1 Å². The highest BCUT2D eigenvalue weighted by Gasteiger charge is 2.13. The molecule has 2 rings (SSSR count). The number of nitrogens with zero attached hydrogens (tertiary/aromatic N) is 2. The van der Waals surface area contributed by atoms with E-state index >= 15 is 0 Å². The van der Waals surface area contributed by atoms with Gasteiger partial charge in [-0.3, -0.25) is 4.68 Å². The van der Waals surface area contributed by atoms with Gasteiger partial charge in [-0.05, 0) is 37.6 Å². The van der Waals surface area contributed by atoms with Gasteiger partial charge in [0, 0.05) is 24.0 Å². The van der Waals surface area contributed by atoms with Crippen molar-refractivity contribution in [1.82, 2.24) is 9.78 Å². The van der Waals surface area contributed by atoms with Crippen LogP contribution in [0.3, 0.4) is 0 Å². The number of aromatic nitrogens is 2. The molecule has 1 heterocycles. The summed E-state index contributed by atoms with van der Waals surface area (Å²) in [4.78, 5) is 0. The predicted molar refractivity (Wildman–Crippen MR) is 72.5 cm³/mol. The topological polar surface area (TPSA) is 50.1 Å². The largest absolute Gasteiger partial charge is 0.394 e. The lowest BCUT2D eigenvalue weighted by molar-refractivity contribution is 0.276. The van der Waals surface area contributed by atoms with E-state index in [2.05, 4.69) is 10.4 Å². The van der Waals surface area contributed by atoms with Gasteiger partial charge in [0.2, 0.25) is 0 Å². The van der Waals surface area contributed by atoms with E-state index in [1.165, 1.54) is 12.1 Å². The smallest absolute Gasteiger partial charge is 0.125 e. The Kier molecular flexibility index (Phi) is 4.16. The number of rotatable bonds is 5. The third kappa shape index (κ3) is 3.32. The van der Waals surface area contributed by atoms with Crippen molar-refractivity contribution in [3.8, 4) is 0 Å². The fraction of sp³-hybridized carbons (Fsp3) is 0.357. The van der Waals surface area contributed by atoms with Crippen LogP contribution in [0.25, 0.3) is 0 Å². The van der Waals surface area contributed by atoms with Gasteiger partial charge in [0.1, 0.15) is 5.82 Å². The lowest BCUT2D eigenvalue weighted by Crippen LogP contribution is -2.14. The number of anilines is 1. The lowest BCUT2D eigenvalue weighted by Gasteiger charge is -2.16. The Labute approximate surface area is 111 Å². The molecule has 0 amide bonds. The third-order valence-corrected chi connectivity index (χ3v) is 2.95. The maximum atomic E-state index is 13.3. The van der Waals surface area contributed by atoms with Crippen LogP contribution in [0.15, 0.2) is 30.6 Å². The third-order valence-electron chi connectivity index (χ3n) is 2.95. The van der Waals surface area contributed by atoms with Crippen LogP contribution >= 0.6 is 0 Å². The highest BCUT2D eigenvalue weighted by Crippen LogP contribution is 2.21. The van der Waals surface area contributed by atoms with Crippen LogP contribution in [-0.4, -0.2) is 21.5 Å². The van der Waals surface area contributed by atoms with Gasteiger partial charge in [0.15, 0.2) is 0 Å². The molecule has 0 bridgehead atoms. The fourth-order valence-corrected chi connectivity index (χ4v) is 1.99. The minimum Gasteiger partial charge on any atom is -0.394 e. The first-order chi connectivity index (χ1) is 9.12. The molecule has 0 aliphatic heterocycles. The summed E-state index contributed by atoms with van der Waals surface area (Å²) in [5.41, 5.74) is 2.37. The van der Waals surface area contributed by atoms with Crippen molar-refractivity contribution in [2.45, 2.75) is 26.4 Å². The zero-order valence-corrected chi connectivity index (χ0v) is 11.1. The summed E-state index contributed by atoms with van der Waals surface area (Å²) >= 11 is 0. The molecule has 5 heteroatoms. The van der Waals surface area contributed by atoms with Gasteiger partial charge in [-0.1, -0.05) is 0 Å². The molecule has 2 N–H and O–H groups in total. The Morgan fingerprint density at radius 2 is 2.21 bits per heavy atom. The summed E-state index contributed by atoms with van der Waals surface area (Å²) in [5, 5.41) is 16.8. The van der Waals surface area contributed by atoms with Crippen molar-refractivity contribution in [2.75, 3.05) is 11.9 Å². The predicted octanol–water partition coefficient (Wildman–Crippen LogP) is 2.50. The summed E-state index contributed by atoms with van der Waals surface area (Å²) in [5.74, 6) is -0.288. The van der Waals surface area contributed by atoms with Crippen molar-refractivity contribution < 1.29 is 9.50 Å². The van der Waals surface area contributed by atoms with Crippen molar-refractivity contribution in [3.63, 3.8) is 0 Å². The Morgan fingerprint density at radius 1 is 1.42 bits per heavy atom. The monoisotopic (exact) mass is 263 g/mol. The first-order valence-corrected chi connectivity index (χ1v) is 6.29. The molecule has 0 aliphatic carbocycles. The van der Waals surface area contributed by atoms with E-state index < -0.39 is 0 Å². The number of hydrogen-bond acceptors (Lipinski definition) is 3. The normalized spacial score (nSPS) is 12.4. The molecule has 1 atom stereocenters. The molecule has 0 saturated heterocycles. The lowest BCUT2D eigenvalue weighted by atomic mass is 10.1. The van der Waals surface area contributed by atoms with Crippen LogP contribution < -0.4 is 5.32 Å². The van der Waals surface area contributed by atoms with Crippen LogP contribution in [0.2, 0.25) is 0 Å². The van der Waals surface area contributed by atoms with Crippen LogP contribution in [0.5, 0.6) is 0 Å². The van der Waals surface area contributed by atoms with Gasteiger partial charge in [-0.25, -0.2) is 4.39 Å². The first kappa shape index (κ1) is 13.5. The van der Waals surface area contributed by atoms with Crippen molar-refractivity contribution in [2.24, 2.45) is 0 Å². The molecule has 0 spiro atoms. The van der Waals surface area contributed by atoms with Crippen molar-refractivity contribution in [3.05, 3.63) is 47.5 Å². The van der Waals surface area contributed by atoms with Gasteiger partial charge in [-0.15, -0.1) is 0 Å². The summed E-state index contributed by atoms with van der Waals surface area (Å²) in [6.45, 7) is 4.52. The van der Waals surface area contributed by atoms with Gasteiger partial charge in [-0.2, -0.15) is 5.10 Å². The molecule has 1 aromatic heterocycles. The number of aliphatic hydroxyl groups is 1. The van der Waals surface area contributed by atoms with E-state index in [0.29, 0.717) is 5.69 Å². The fourth-order valence-electron chi connectivity index (χ4n) is 1.99. The zero-order chi connectivity index (χ0) is 13.8. The molecular weight excluding hydrogens is 245 g/mol. The van der Waals surface area contributed by atoms with E-state index in [4.69, 9.17) is 0 Å². The minimum atomic E-state index is -0.290. The average molecular weight is 263 g/mol. The summed E-state index contributed by atoms with van der Waals surface area (Å²) in [6, 6.07) is 4.44.